The summed E-state index contributed by atoms with van der Waals surface area (Å²) in [6.07, 6.45) is 0. The Hall–Kier alpha value is -1.99. The molecular weight excluding hydrogens is 272 g/mol. The van der Waals surface area contributed by atoms with Crippen LogP contribution in [0.3, 0.4) is 0 Å². The minimum atomic E-state index is 1.05. The Kier molecular flexibility index (Phi) is 3.60. The van der Waals surface area contributed by atoms with E-state index in [1.165, 1.54) is 38.2 Å². The molecule has 0 aromatic heterocycles. The van der Waals surface area contributed by atoms with Crippen molar-refractivity contribution < 1.29 is 0 Å². The van der Waals surface area contributed by atoms with Gasteiger partial charge in [0.1, 0.15) is 0 Å². The van der Waals surface area contributed by atoms with E-state index in [-0.39, 0.29) is 0 Å². The van der Waals surface area contributed by atoms with Crippen molar-refractivity contribution in [3.8, 4) is 0 Å². The van der Waals surface area contributed by atoms with E-state index in [0.717, 1.165) is 4.91 Å². The molecule has 0 unspecified atom stereocenters. The zero-order valence-corrected chi connectivity index (χ0v) is 13.3. The third-order valence-electron chi connectivity index (χ3n) is 3.82. The largest absolute Gasteiger partial charge is 0.0987 e. The van der Waals surface area contributed by atoms with Gasteiger partial charge in [-0.1, -0.05) is 54.7 Å². The quantitative estimate of drug-likeness (QED) is 0.499. The van der Waals surface area contributed by atoms with Crippen LogP contribution in [0.25, 0.3) is 26.5 Å². The second-order valence-corrected chi connectivity index (χ2v) is 6.49. The second-order valence-electron chi connectivity index (χ2n) is 5.42. The van der Waals surface area contributed by atoms with Crippen LogP contribution in [0.15, 0.2) is 61.0 Å². The molecule has 104 valence electrons. The van der Waals surface area contributed by atoms with Crippen LogP contribution in [-0.2, 0) is 0 Å². The molecule has 0 saturated heterocycles. The van der Waals surface area contributed by atoms with Gasteiger partial charge in [0, 0.05) is 4.91 Å². The smallest absolute Gasteiger partial charge is 0.0119 e. The van der Waals surface area contributed by atoms with Gasteiger partial charge in [-0.15, -0.1) is 0 Å². The molecule has 0 amide bonds. The summed E-state index contributed by atoms with van der Waals surface area (Å²) in [5.74, 6) is 0. The van der Waals surface area contributed by atoms with Gasteiger partial charge in [0.25, 0.3) is 0 Å². The first-order valence-electron chi connectivity index (χ1n) is 7.00. The van der Waals surface area contributed by atoms with E-state index >= 15 is 0 Å². The normalized spacial score (nSPS) is 11.0. The summed E-state index contributed by atoms with van der Waals surface area (Å²) >= 11 is 1.58. The van der Waals surface area contributed by atoms with Crippen molar-refractivity contribution in [1.29, 1.82) is 0 Å². The van der Waals surface area contributed by atoms with E-state index in [2.05, 4.69) is 69.5 Å². The lowest BCUT2D eigenvalue weighted by Crippen LogP contribution is -1.87. The number of benzene rings is 3. The average Bonchev–Trinajstić information content (AvgIpc) is 2.45. The summed E-state index contributed by atoms with van der Waals surface area (Å²) in [6, 6.07) is 15.6. The summed E-state index contributed by atoms with van der Waals surface area (Å²) in [5.41, 5.74) is 3.76. The molecular formula is C20H18S. The van der Waals surface area contributed by atoms with Crippen molar-refractivity contribution in [2.24, 2.45) is 0 Å². The molecule has 0 aliphatic heterocycles. The molecule has 0 aliphatic rings. The van der Waals surface area contributed by atoms with Gasteiger partial charge < -0.3 is 0 Å². The highest BCUT2D eigenvalue weighted by atomic mass is 32.2. The van der Waals surface area contributed by atoms with Crippen LogP contribution in [0, 0.1) is 13.8 Å². The lowest BCUT2D eigenvalue weighted by atomic mass is 9.97. The highest BCUT2D eigenvalue weighted by Gasteiger charge is 2.06. The molecule has 3 aromatic rings. The Morgan fingerprint density at radius 1 is 0.905 bits per heavy atom. The van der Waals surface area contributed by atoms with Crippen LogP contribution in [0.1, 0.15) is 16.7 Å². The van der Waals surface area contributed by atoms with Gasteiger partial charge in [0.15, 0.2) is 0 Å². The molecule has 21 heavy (non-hydrogen) atoms. The number of hydrogen-bond donors (Lipinski definition) is 0. The zero-order chi connectivity index (χ0) is 15.0. The third kappa shape index (κ3) is 2.62. The molecule has 1 heteroatoms. The topological polar surface area (TPSA) is 0 Å². The maximum Gasteiger partial charge on any atom is 0.0119 e. The lowest BCUT2D eigenvalue weighted by Gasteiger charge is -2.11. The summed E-state index contributed by atoms with van der Waals surface area (Å²) in [6.45, 7) is 12.2. The number of fused-ring (bicyclic) bond motifs is 2. The monoisotopic (exact) mass is 290 g/mol. The number of aryl methyl sites for hydroxylation is 2. The van der Waals surface area contributed by atoms with Crippen LogP contribution < -0.4 is 0 Å². The van der Waals surface area contributed by atoms with Crippen LogP contribution in [-0.4, -0.2) is 0 Å². The Labute approximate surface area is 130 Å². The fourth-order valence-corrected chi connectivity index (χ4v) is 3.30. The van der Waals surface area contributed by atoms with E-state index in [1.807, 2.05) is 5.41 Å². The Morgan fingerprint density at radius 3 is 2.33 bits per heavy atom. The molecule has 0 aliphatic carbocycles. The van der Waals surface area contributed by atoms with E-state index in [4.69, 9.17) is 0 Å². The van der Waals surface area contributed by atoms with Gasteiger partial charge >= 0.3 is 0 Å². The predicted molar refractivity (Wildman–Crippen MR) is 97.8 cm³/mol. The molecule has 0 N–H and O–H groups in total. The Morgan fingerprint density at radius 2 is 1.57 bits per heavy atom. The van der Waals surface area contributed by atoms with Gasteiger partial charge in [-0.3, -0.25) is 0 Å². The molecule has 3 aromatic carbocycles. The van der Waals surface area contributed by atoms with Crippen molar-refractivity contribution in [3.63, 3.8) is 0 Å². The summed E-state index contributed by atoms with van der Waals surface area (Å²) < 4.78 is 0. The van der Waals surface area contributed by atoms with E-state index in [1.54, 1.807) is 11.8 Å². The maximum atomic E-state index is 4.15. The lowest BCUT2D eigenvalue weighted by molar-refractivity contribution is 1.47. The number of hydrogen-bond acceptors (Lipinski definition) is 1. The SMILES string of the molecule is C=CSC(=C)c1cc2cc3cc(C)ccc3cc2cc1C. The second kappa shape index (κ2) is 5.42. The first-order chi connectivity index (χ1) is 10.1. The van der Waals surface area contributed by atoms with Crippen molar-refractivity contribution in [2.75, 3.05) is 0 Å². The molecule has 0 bridgehead atoms. The average molecular weight is 290 g/mol. The van der Waals surface area contributed by atoms with E-state index in [0.29, 0.717) is 0 Å². The van der Waals surface area contributed by atoms with Crippen molar-refractivity contribution >= 4 is 38.2 Å². The zero-order valence-electron chi connectivity index (χ0n) is 12.4. The highest BCUT2D eigenvalue weighted by molar-refractivity contribution is 8.10. The van der Waals surface area contributed by atoms with Crippen molar-refractivity contribution in [1.82, 2.24) is 0 Å². The fourth-order valence-electron chi connectivity index (χ4n) is 2.75. The Bertz CT molecular complexity index is 872. The maximum absolute atomic E-state index is 4.15. The summed E-state index contributed by atoms with van der Waals surface area (Å²) in [7, 11) is 0. The van der Waals surface area contributed by atoms with Crippen molar-refractivity contribution in [3.05, 3.63) is 77.7 Å². The molecule has 0 spiro atoms. The molecule has 0 atom stereocenters. The van der Waals surface area contributed by atoms with Gasteiger partial charge in [0.2, 0.25) is 0 Å². The summed E-state index contributed by atoms with van der Waals surface area (Å²) in [5, 5.41) is 6.96. The third-order valence-corrected chi connectivity index (χ3v) is 4.49. The fraction of sp³-hybridized carbons (Fsp3) is 0.100. The molecule has 0 radical (unpaired) electrons. The predicted octanol–water partition coefficient (Wildman–Crippen LogP) is 6.46. The van der Waals surface area contributed by atoms with Gasteiger partial charge in [-0.05, 0) is 70.1 Å². The first-order valence-corrected chi connectivity index (χ1v) is 7.88. The van der Waals surface area contributed by atoms with E-state index < -0.39 is 0 Å². The Balaban J connectivity index is 2.26. The van der Waals surface area contributed by atoms with Gasteiger partial charge in [-0.25, -0.2) is 0 Å². The number of rotatable bonds is 3. The van der Waals surface area contributed by atoms with Crippen LogP contribution in [0.5, 0.6) is 0 Å². The highest BCUT2D eigenvalue weighted by Crippen LogP contribution is 2.33. The minimum absolute atomic E-state index is 1.05. The molecule has 0 nitrogen and oxygen atoms in total. The van der Waals surface area contributed by atoms with E-state index in [9.17, 15) is 0 Å². The van der Waals surface area contributed by atoms with Crippen LogP contribution in [0.2, 0.25) is 0 Å². The van der Waals surface area contributed by atoms with Crippen LogP contribution in [0.4, 0.5) is 0 Å². The molecule has 3 rings (SSSR count). The number of thioether (sulfide) groups is 1. The van der Waals surface area contributed by atoms with Gasteiger partial charge in [-0.2, -0.15) is 0 Å². The van der Waals surface area contributed by atoms with Crippen molar-refractivity contribution in [2.45, 2.75) is 13.8 Å². The first kappa shape index (κ1) is 14.0. The van der Waals surface area contributed by atoms with Gasteiger partial charge in [0.05, 0.1) is 0 Å². The molecule has 0 saturated carbocycles. The molecule has 0 heterocycles. The minimum Gasteiger partial charge on any atom is -0.0987 e. The summed E-state index contributed by atoms with van der Waals surface area (Å²) in [4.78, 5) is 1.05. The standard InChI is InChI=1S/C20H18S/c1-5-21-15(4)20-12-19-11-17-8-13(2)6-7-16(17)10-18(19)9-14(20)3/h5-12H,1,4H2,2-3H3. The molecule has 0 fully saturated rings. The van der Waals surface area contributed by atoms with Crippen LogP contribution >= 0.6 is 11.8 Å².